The number of benzene rings is 2. The van der Waals surface area contributed by atoms with Crippen LogP contribution in [0.1, 0.15) is 10.4 Å². The molecule has 5 nitrogen and oxygen atoms in total. The van der Waals surface area contributed by atoms with Gasteiger partial charge in [0, 0.05) is 6.20 Å². The normalized spacial score (nSPS) is 10.3. The molecule has 126 valence electrons. The highest BCUT2D eigenvalue weighted by atomic mass is 79.9. The zero-order valence-electron chi connectivity index (χ0n) is 12.7. The number of aromatic nitrogens is 1. The Bertz CT molecular complexity index is 934. The highest BCUT2D eigenvalue weighted by Gasteiger charge is 2.16. The Hall–Kier alpha value is -2.93. The molecule has 0 aliphatic carbocycles. The van der Waals surface area contributed by atoms with Gasteiger partial charge >= 0.3 is 0 Å². The zero-order chi connectivity index (χ0) is 17.8. The van der Waals surface area contributed by atoms with Crippen LogP contribution < -0.4 is 10.1 Å². The van der Waals surface area contributed by atoms with Gasteiger partial charge < -0.3 is 15.2 Å². The number of pyridine rings is 1. The molecule has 1 amide bonds. The molecule has 0 atom stereocenters. The molecule has 0 bridgehead atoms. The van der Waals surface area contributed by atoms with Crippen molar-refractivity contribution in [3.63, 3.8) is 0 Å². The molecular formula is C18H12BrFN2O3. The summed E-state index contributed by atoms with van der Waals surface area (Å²) in [6.07, 6.45) is 1.48. The van der Waals surface area contributed by atoms with Crippen molar-refractivity contribution in [1.29, 1.82) is 0 Å². The van der Waals surface area contributed by atoms with Crippen LogP contribution in [0.25, 0.3) is 0 Å². The van der Waals surface area contributed by atoms with Gasteiger partial charge in [-0.15, -0.1) is 0 Å². The largest absolute Gasteiger partial charge is 0.506 e. The third kappa shape index (κ3) is 3.95. The Kier molecular flexibility index (Phi) is 4.95. The predicted octanol–water partition coefficient (Wildman–Crippen LogP) is 4.73. The molecular weight excluding hydrogens is 391 g/mol. The second-order valence-electron chi connectivity index (χ2n) is 5.00. The van der Waals surface area contributed by atoms with Crippen molar-refractivity contribution in [3.8, 4) is 17.4 Å². The molecule has 0 unspecified atom stereocenters. The first kappa shape index (κ1) is 16.9. The van der Waals surface area contributed by atoms with Crippen molar-refractivity contribution in [2.75, 3.05) is 5.32 Å². The number of phenolic OH excluding ortho intramolecular Hbond substituents is 1. The third-order valence-corrected chi connectivity index (χ3v) is 3.89. The van der Waals surface area contributed by atoms with Crippen LogP contribution in [0.15, 0.2) is 65.3 Å². The van der Waals surface area contributed by atoms with Crippen molar-refractivity contribution in [2.24, 2.45) is 0 Å². The molecule has 2 aromatic carbocycles. The molecule has 7 heteroatoms. The zero-order valence-corrected chi connectivity index (χ0v) is 14.3. The molecule has 0 aliphatic rings. The van der Waals surface area contributed by atoms with Gasteiger partial charge in [0.2, 0.25) is 5.88 Å². The van der Waals surface area contributed by atoms with E-state index < -0.39 is 11.7 Å². The number of anilines is 1. The van der Waals surface area contributed by atoms with Gasteiger partial charge in [0.05, 0.1) is 10.2 Å². The molecule has 0 aliphatic heterocycles. The van der Waals surface area contributed by atoms with E-state index in [4.69, 9.17) is 4.74 Å². The highest BCUT2D eigenvalue weighted by molar-refractivity contribution is 9.10. The van der Waals surface area contributed by atoms with Gasteiger partial charge in [-0.05, 0) is 58.4 Å². The summed E-state index contributed by atoms with van der Waals surface area (Å²) < 4.78 is 19.2. The summed E-state index contributed by atoms with van der Waals surface area (Å²) in [4.78, 5) is 16.6. The number of amides is 1. The fraction of sp³-hybridized carbons (Fsp3) is 0. The van der Waals surface area contributed by atoms with Crippen molar-refractivity contribution >= 4 is 27.5 Å². The Balaban J connectivity index is 1.88. The van der Waals surface area contributed by atoms with Crippen LogP contribution in [-0.2, 0) is 0 Å². The standard InChI is InChI=1S/C18H12BrFN2O3/c19-13-10-11(20)7-8-16(13)25-18-12(4-3-9-21-18)17(24)22-14-5-1-2-6-15(14)23/h1-10,23H,(H,22,24). The van der Waals surface area contributed by atoms with Crippen molar-refractivity contribution < 1.29 is 19.0 Å². The molecule has 0 fully saturated rings. The Morgan fingerprint density at radius 3 is 2.72 bits per heavy atom. The molecule has 0 saturated carbocycles. The third-order valence-electron chi connectivity index (χ3n) is 3.27. The van der Waals surface area contributed by atoms with Gasteiger partial charge in [0.15, 0.2) is 0 Å². The molecule has 1 aromatic heterocycles. The topological polar surface area (TPSA) is 71.5 Å². The van der Waals surface area contributed by atoms with Gasteiger partial charge in [-0.25, -0.2) is 9.37 Å². The number of carbonyl (C=O) groups excluding carboxylic acids is 1. The van der Waals surface area contributed by atoms with Crippen LogP contribution in [0.4, 0.5) is 10.1 Å². The number of nitrogens with zero attached hydrogens (tertiary/aromatic N) is 1. The average Bonchev–Trinajstić information content (AvgIpc) is 2.60. The van der Waals surface area contributed by atoms with Crippen LogP contribution in [0.3, 0.4) is 0 Å². The monoisotopic (exact) mass is 402 g/mol. The van der Waals surface area contributed by atoms with E-state index in [0.29, 0.717) is 10.2 Å². The Labute approximate surface area is 151 Å². The maximum atomic E-state index is 13.2. The van der Waals surface area contributed by atoms with Gasteiger partial charge in [-0.1, -0.05) is 12.1 Å². The fourth-order valence-electron chi connectivity index (χ4n) is 2.08. The second-order valence-corrected chi connectivity index (χ2v) is 5.86. The first-order valence-electron chi connectivity index (χ1n) is 7.22. The van der Waals surface area contributed by atoms with E-state index in [1.165, 1.54) is 36.5 Å². The molecule has 25 heavy (non-hydrogen) atoms. The minimum atomic E-state index is -0.497. The van der Waals surface area contributed by atoms with E-state index in [-0.39, 0.29) is 22.9 Å². The van der Waals surface area contributed by atoms with Crippen molar-refractivity contribution in [1.82, 2.24) is 4.98 Å². The summed E-state index contributed by atoms with van der Waals surface area (Å²) in [6.45, 7) is 0. The lowest BCUT2D eigenvalue weighted by Gasteiger charge is -2.12. The number of para-hydroxylation sites is 2. The maximum absolute atomic E-state index is 13.2. The number of carbonyl (C=O) groups is 1. The average molecular weight is 403 g/mol. The van der Waals surface area contributed by atoms with Crippen LogP contribution >= 0.6 is 15.9 Å². The first-order valence-corrected chi connectivity index (χ1v) is 8.01. The molecule has 3 rings (SSSR count). The minimum absolute atomic E-state index is 0.0523. The van der Waals surface area contributed by atoms with Gasteiger partial charge in [0.1, 0.15) is 22.9 Å². The van der Waals surface area contributed by atoms with Crippen molar-refractivity contribution in [2.45, 2.75) is 0 Å². The second kappa shape index (κ2) is 7.31. The summed E-state index contributed by atoms with van der Waals surface area (Å²) in [6, 6.07) is 13.4. The quantitative estimate of drug-likeness (QED) is 0.618. The van der Waals surface area contributed by atoms with Gasteiger partial charge in [0.25, 0.3) is 5.91 Å². The van der Waals surface area contributed by atoms with Gasteiger partial charge in [-0.3, -0.25) is 4.79 Å². The number of phenols is 1. The summed E-state index contributed by atoms with van der Waals surface area (Å²) >= 11 is 3.20. The summed E-state index contributed by atoms with van der Waals surface area (Å²) in [5.41, 5.74) is 0.437. The number of halogens is 2. The SMILES string of the molecule is O=C(Nc1ccccc1O)c1cccnc1Oc1ccc(F)cc1Br. The van der Waals surface area contributed by atoms with E-state index in [2.05, 4.69) is 26.2 Å². The molecule has 0 saturated heterocycles. The maximum Gasteiger partial charge on any atom is 0.261 e. The summed E-state index contributed by atoms with van der Waals surface area (Å²) in [5, 5.41) is 12.4. The fourth-order valence-corrected chi connectivity index (χ4v) is 2.51. The summed E-state index contributed by atoms with van der Waals surface area (Å²) in [7, 11) is 0. The van der Waals surface area contributed by atoms with Crippen LogP contribution in [0.2, 0.25) is 0 Å². The van der Waals surface area contributed by atoms with Crippen LogP contribution in [0, 0.1) is 5.82 Å². The van der Waals surface area contributed by atoms with E-state index in [1.807, 2.05) is 0 Å². The number of hydrogen-bond acceptors (Lipinski definition) is 4. The van der Waals surface area contributed by atoms with E-state index in [9.17, 15) is 14.3 Å². The van der Waals surface area contributed by atoms with E-state index in [1.54, 1.807) is 24.3 Å². The van der Waals surface area contributed by atoms with Crippen LogP contribution in [-0.4, -0.2) is 16.0 Å². The lowest BCUT2D eigenvalue weighted by atomic mass is 10.2. The van der Waals surface area contributed by atoms with Crippen molar-refractivity contribution in [3.05, 3.63) is 76.6 Å². The molecule has 0 radical (unpaired) electrons. The molecule has 1 heterocycles. The number of aromatic hydroxyl groups is 1. The summed E-state index contributed by atoms with van der Waals surface area (Å²) in [5.74, 6) is -0.594. The molecule has 0 spiro atoms. The highest BCUT2D eigenvalue weighted by Crippen LogP contribution is 2.31. The Morgan fingerprint density at radius 1 is 1.16 bits per heavy atom. The van der Waals surface area contributed by atoms with Crippen LogP contribution in [0.5, 0.6) is 17.4 Å². The number of ether oxygens (including phenoxy) is 1. The Morgan fingerprint density at radius 2 is 1.96 bits per heavy atom. The lowest BCUT2D eigenvalue weighted by molar-refractivity contribution is 0.102. The first-order chi connectivity index (χ1) is 12.0. The number of rotatable bonds is 4. The lowest BCUT2D eigenvalue weighted by Crippen LogP contribution is -2.13. The smallest absolute Gasteiger partial charge is 0.261 e. The number of nitrogens with one attached hydrogen (secondary N) is 1. The molecule has 3 aromatic rings. The van der Waals surface area contributed by atoms with E-state index >= 15 is 0 Å². The number of hydrogen-bond donors (Lipinski definition) is 2. The predicted molar refractivity (Wildman–Crippen MR) is 94.5 cm³/mol. The van der Waals surface area contributed by atoms with Gasteiger partial charge in [-0.2, -0.15) is 0 Å². The van der Waals surface area contributed by atoms with E-state index in [0.717, 1.165) is 0 Å². The molecule has 2 N–H and O–H groups in total. The minimum Gasteiger partial charge on any atom is -0.506 e.